The van der Waals surface area contributed by atoms with Crippen LogP contribution in [-0.4, -0.2) is 76.0 Å². The number of fused-ring (bicyclic) bond motifs is 1. The second kappa shape index (κ2) is 14.3. The summed E-state index contributed by atoms with van der Waals surface area (Å²) in [6, 6.07) is 12.6. The topological polar surface area (TPSA) is 150 Å². The molecule has 256 valence electrons. The van der Waals surface area contributed by atoms with Gasteiger partial charge in [0.1, 0.15) is 22.4 Å². The van der Waals surface area contributed by atoms with Crippen LogP contribution in [0.15, 0.2) is 53.6 Å². The van der Waals surface area contributed by atoms with E-state index in [2.05, 4.69) is 10.3 Å². The molecule has 2 atom stereocenters. The standard InChI is InChI=1S/C34H47N5O7S/c1-6-31(40)37-15-13-25(14-16-37)19-38-21-28(35-36-38)22-45-32(34(4,5)33(41)42)26-12-11-23(2)27(17-26)20-39-18-24(3)46-29-9-7-8-10-30(29)47(39,43)44/h7-12,17,21,24-25,32,43-44H,6,13-16,18-20,22H2,1-5H3,(H,41,42). The molecule has 2 unspecified atom stereocenters. The number of nitrogens with zero attached hydrogens (tertiary/aromatic N) is 5. The Balaban J connectivity index is 1.32. The van der Waals surface area contributed by atoms with E-state index >= 15 is 0 Å². The second-order valence-electron chi connectivity index (χ2n) is 13.2. The van der Waals surface area contributed by atoms with Crippen molar-refractivity contribution in [3.05, 3.63) is 71.0 Å². The second-order valence-corrected chi connectivity index (χ2v) is 15.2. The van der Waals surface area contributed by atoms with Gasteiger partial charge in [-0.05, 0) is 75.3 Å². The highest BCUT2D eigenvalue weighted by atomic mass is 32.3. The molecule has 12 nitrogen and oxygen atoms in total. The number of amides is 1. The largest absolute Gasteiger partial charge is 0.487 e. The first-order chi connectivity index (χ1) is 22.3. The van der Waals surface area contributed by atoms with Crippen molar-refractivity contribution in [2.45, 2.75) is 90.7 Å². The average Bonchev–Trinajstić information content (AvgIpc) is 3.45. The van der Waals surface area contributed by atoms with E-state index in [4.69, 9.17) is 9.47 Å². The van der Waals surface area contributed by atoms with Crippen LogP contribution in [0.3, 0.4) is 0 Å². The van der Waals surface area contributed by atoms with Gasteiger partial charge in [-0.1, -0.05) is 42.5 Å². The fourth-order valence-corrected chi connectivity index (χ4v) is 7.94. The van der Waals surface area contributed by atoms with E-state index in [9.17, 15) is 23.8 Å². The molecule has 0 bridgehead atoms. The van der Waals surface area contributed by atoms with Gasteiger partial charge in [-0.3, -0.25) is 23.4 Å². The summed E-state index contributed by atoms with van der Waals surface area (Å²) in [5, 5.41) is 18.8. The number of aryl methyl sites for hydroxylation is 1. The lowest BCUT2D eigenvalue weighted by atomic mass is 9.81. The van der Waals surface area contributed by atoms with Crippen LogP contribution >= 0.6 is 10.8 Å². The highest BCUT2D eigenvalue weighted by Crippen LogP contribution is 2.57. The molecule has 2 aromatic carbocycles. The Morgan fingerprint density at radius 3 is 2.57 bits per heavy atom. The van der Waals surface area contributed by atoms with Crippen molar-refractivity contribution in [3.8, 4) is 5.75 Å². The Morgan fingerprint density at radius 1 is 1.15 bits per heavy atom. The molecule has 1 amide bonds. The van der Waals surface area contributed by atoms with Gasteiger partial charge in [-0.25, -0.2) is 0 Å². The number of ether oxygens (including phenoxy) is 2. The molecule has 2 aliphatic rings. The van der Waals surface area contributed by atoms with Crippen LogP contribution in [0.25, 0.3) is 0 Å². The third-order valence-electron chi connectivity index (χ3n) is 9.22. The number of aromatic nitrogens is 3. The zero-order chi connectivity index (χ0) is 33.9. The van der Waals surface area contributed by atoms with Crippen molar-refractivity contribution in [2.24, 2.45) is 11.3 Å². The monoisotopic (exact) mass is 669 g/mol. The lowest BCUT2D eigenvalue weighted by Crippen LogP contribution is -2.39. The molecule has 0 aliphatic carbocycles. The van der Waals surface area contributed by atoms with Gasteiger partial charge in [-0.15, -0.1) is 15.9 Å². The molecule has 0 spiro atoms. The molecule has 0 radical (unpaired) electrons. The normalized spacial score (nSPS) is 20.1. The summed E-state index contributed by atoms with van der Waals surface area (Å²) in [6.45, 7) is 11.7. The van der Waals surface area contributed by atoms with Gasteiger partial charge in [0, 0.05) is 32.6 Å². The fraction of sp³-hybridized carbons (Fsp3) is 0.529. The molecule has 3 heterocycles. The minimum Gasteiger partial charge on any atom is -0.487 e. The number of para-hydroxylation sites is 1. The Morgan fingerprint density at radius 2 is 1.87 bits per heavy atom. The molecule has 5 rings (SSSR count). The van der Waals surface area contributed by atoms with Crippen molar-refractivity contribution in [2.75, 3.05) is 19.6 Å². The molecular formula is C34H47N5O7S. The van der Waals surface area contributed by atoms with E-state index in [0.717, 1.165) is 37.1 Å². The molecule has 1 saturated heterocycles. The van der Waals surface area contributed by atoms with Gasteiger partial charge < -0.3 is 19.5 Å². The Hall–Kier alpha value is -3.49. The number of carboxylic acids is 1. The third kappa shape index (κ3) is 7.81. The minimum absolute atomic E-state index is 0.0618. The quantitative estimate of drug-likeness (QED) is 0.225. The fourth-order valence-electron chi connectivity index (χ4n) is 6.28. The molecule has 13 heteroatoms. The number of carbonyl (C=O) groups excluding carboxylic acids is 1. The van der Waals surface area contributed by atoms with Crippen molar-refractivity contribution in [3.63, 3.8) is 0 Å². The van der Waals surface area contributed by atoms with Gasteiger partial charge in [-0.2, -0.15) is 4.31 Å². The zero-order valence-electron chi connectivity index (χ0n) is 27.8. The van der Waals surface area contributed by atoms with Crippen molar-refractivity contribution < 1.29 is 33.3 Å². The van der Waals surface area contributed by atoms with Crippen LogP contribution in [0.5, 0.6) is 5.75 Å². The molecule has 2 aliphatic heterocycles. The number of rotatable bonds is 11. The molecular weight excluding hydrogens is 622 g/mol. The summed E-state index contributed by atoms with van der Waals surface area (Å²) in [5.74, 6) is 0.0266. The van der Waals surface area contributed by atoms with E-state index in [1.54, 1.807) is 47.1 Å². The Kier molecular flexibility index (Phi) is 10.6. The molecule has 0 saturated carbocycles. The van der Waals surface area contributed by atoms with Crippen LogP contribution in [-0.2, 0) is 34.0 Å². The van der Waals surface area contributed by atoms with Gasteiger partial charge in [0.2, 0.25) is 5.91 Å². The van der Waals surface area contributed by atoms with Gasteiger partial charge >= 0.3 is 5.97 Å². The number of aliphatic carboxylic acids is 1. The summed E-state index contributed by atoms with van der Waals surface area (Å²) in [5.41, 5.74) is 1.71. The van der Waals surface area contributed by atoms with E-state index in [-0.39, 0.29) is 31.7 Å². The summed E-state index contributed by atoms with van der Waals surface area (Å²) in [4.78, 5) is 26.8. The van der Waals surface area contributed by atoms with Crippen LogP contribution in [0.4, 0.5) is 0 Å². The maximum atomic E-state index is 12.5. The lowest BCUT2D eigenvalue weighted by molar-refractivity contribution is -0.158. The Labute approximate surface area is 278 Å². The van der Waals surface area contributed by atoms with Gasteiger partial charge in [0.25, 0.3) is 0 Å². The summed E-state index contributed by atoms with van der Waals surface area (Å²) >= 11 is 0. The van der Waals surface area contributed by atoms with Gasteiger partial charge in [0.05, 0.1) is 30.9 Å². The molecule has 47 heavy (non-hydrogen) atoms. The smallest absolute Gasteiger partial charge is 0.312 e. The SMILES string of the molecule is CCC(=O)N1CCC(Cn2cc(COC(c3ccc(C)c(CN4CC(C)Oc5ccccc5S4(O)O)c3)C(C)(C)C(=O)O)nn2)CC1. The summed E-state index contributed by atoms with van der Waals surface area (Å²) in [6.07, 6.45) is 3.05. The van der Waals surface area contributed by atoms with Gasteiger partial charge in [0.15, 0.2) is 0 Å². The first kappa shape index (κ1) is 34.8. The van der Waals surface area contributed by atoms with Crippen LogP contribution in [0.2, 0.25) is 0 Å². The van der Waals surface area contributed by atoms with Crippen molar-refractivity contribution in [1.82, 2.24) is 24.2 Å². The van der Waals surface area contributed by atoms with E-state index in [1.807, 2.05) is 50.1 Å². The summed E-state index contributed by atoms with van der Waals surface area (Å²) in [7, 11) is -3.36. The Bertz CT molecular complexity index is 1570. The van der Waals surface area contributed by atoms with Crippen LogP contribution in [0, 0.1) is 18.3 Å². The maximum absolute atomic E-state index is 12.5. The molecule has 1 fully saturated rings. The molecule has 3 aromatic rings. The number of hydrogen-bond acceptors (Lipinski definition) is 9. The number of hydrogen-bond donors (Lipinski definition) is 3. The number of piperidine rings is 1. The zero-order valence-corrected chi connectivity index (χ0v) is 28.7. The average molecular weight is 670 g/mol. The molecule has 1 aromatic heterocycles. The first-order valence-corrected chi connectivity index (χ1v) is 17.7. The first-order valence-electron chi connectivity index (χ1n) is 16.2. The predicted octanol–water partition coefficient (Wildman–Crippen LogP) is 5.91. The molecule has 3 N–H and O–H groups in total. The van der Waals surface area contributed by atoms with Crippen LogP contribution in [0.1, 0.15) is 75.4 Å². The third-order valence-corrected chi connectivity index (χ3v) is 11.1. The van der Waals surface area contributed by atoms with Crippen LogP contribution < -0.4 is 4.74 Å². The van der Waals surface area contributed by atoms with E-state index < -0.39 is 28.3 Å². The van der Waals surface area contributed by atoms with Crippen molar-refractivity contribution in [1.29, 1.82) is 0 Å². The van der Waals surface area contributed by atoms with E-state index in [0.29, 0.717) is 40.8 Å². The number of benzene rings is 2. The lowest BCUT2D eigenvalue weighted by Gasteiger charge is -2.42. The highest BCUT2D eigenvalue weighted by Gasteiger charge is 2.40. The number of carbonyl (C=O) groups is 2. The number of likely N-dealkylation sites (tertiary alicyclic amines) is 1. The predicted molar refractivity (Wildman–Crippen MR) is 178 cm³/mol. The maximum Gasteiger partial charge on any atom is 0.312 e. The van der Waals surface area contributed by atoms with Crippen molar-refractivity contribution >= 4 is 22.7 Å². The summed E-state index contributed by atoms with van der Waals surface area (Å²) < 4.78 is 38.6. The number of carboxylic acid groups (broad SMARTS) is 1. The highest BCUT2D eigenvalue weighted by molar-refractivity contribution is 8.22. The van der Waals surface area contributed by atoms with E-state index in [1.165, 1.54) is 0 Å². The minimum atomic E-state index is -3.36.